The number of nitrogens with one attached hydrogen (secondary N) is 1. The van der Waals surface area contributed by atoms with Crippen molar-refractivity contribution in [2.24, 2.45) is 0 Å². The van der Waals surface area contributed by atoms with Crippen molar-refractivity contribution in [1.82, 2.24) is 15.1 Å². The second-order valence-corrected chi connectivity index (χ2v) is 5.87. The molecule has 116 valence electrons. The number of aliphatic hydroxyl groups is 1. The minimum Gasteiger partial charge on any atom is -0.392 e. The summed E-state index contributed by atoms with van der Waals surface area (Å²) < 4.78 is 0. The molecule has 2 rings (SSSR count). The molecule has 1 heterocycles. The van der Waals surface area contributed by atoms with Crippen LogP contribution in [0.1, 0.15) is 18.0 Å². The Hall–Kier alpha value is -1.43. The van der Waals surface area contributed by atoms with Crippen LogP contribution in [0.15, 0.2) is 30.3 Å². The van der Waals surface area contributed by atoms with E-state index in [0.29, 0.717) is 19.6 Å². The lowest BCUT2D eigenvalue weighted by Crippen LogP contribution is -2.40. The van der Waals surface area contributed by atoms with Crippen LogP contribution in [0.2, 0.25) is 0 Å². The van der Waals surface area contributed by atoms with Gasteiger partial charge in [-0.25, -0.2) is 0 Å². The summed E-state index contributed by atoms with van der Waals surface area (Å²) in [5.74, 6) is 0.0203. The van der Waals surface area contributed by atoms with Crippen molar-refractivity contribution in [2.45, 2.75) is 18.6 Å². The van der Waals surface area contributed by atoms with E-state index in [1.165, 1.54) is 5.56 Å². The van der Waals surface area contributed by atoms with Gasteiger partial charge in [0.05, 0.1) is 18.7 Å². The maximum Gasteiger partial charge on any atom is 0.234 e. The molecule has 0 aliphatic carbocycles. The van der Waals surface area contributed by atoms with E-state index in [4.69, 9.17) is 0 Å². The van der Waals surface area contributed by atoms with Gasteiger partial charge in [0.2, 0.25) is 5.91 Å². The van der Waals surface area contributed by atoms with Crippen molar-refractivity contribution in [3.63, 3.8) is 0 Å². The zero-order chi connectivity index (χ0) is 15.2. The Morgan fingerprint density at radius 1 is 1.43 bits per heavy atom. The van der Waals surface area contributed by atoms with E-state index in [0.717, 1.165) is 13.0 Å². The van der Waals surface area contributed by atoms with Crippen molar-refractivity contribution in [1.29, 1.82) is 0 Å². The molecule has 21 heavy (non-hydrogen) atoms. The van der Waals surface area contributed by atoms with Crippen molar-refractivity contribution in [3.05, 3.63) is 35.9 Å². The van der Waals surface area contributed by atoms with E-state index in [9.17, 15) is 9.90 Å². The summed E-state index contributed by atoms with van der Waals surface area (Å²) in [4.78, 5) is 16.1. The second kappa shape index (κ2) is 7.54. The van der Waals surface area contributed by atoms with Crippen LogP contribution in [0.5, 0.6) is 0 Å². The van der Waals surface area contributed by atoms with E-state index in [1.807, 2.05) is 37.2 Å². The summed E-state index contributed by atoms with van der Waals surface area (Å²) in [5, 5.41) is 12.5. The van der Waals surface area contributed by atoms with Gasteiger partial charge in [-0.05, 0) is 26.1 Å². The number of amides is 1. The Kier molecular flexibility index (Phi) is 5.73. The third kappa shape index (κ3) is 4.81. The fourth-order valence-electron chi connectivity index (χ4n) is 2.70. The minimum atomic E-state index is -0.281. The van der Waals surface area contributed by atoms with E-state index < -0.39 is 0 Å². The van der Waals surface area contributed by atoms with E-state index in [2.05, 4.69) is 22.3 Å². The van der Waals surface area contributed by atoms with E-state index in [1.54, 1.807) is 0 Å². The molecule has 2 atom stereocenters. The zero-order valence-electron chi connectivity index (χ0n) is 12.8. The Bertz CT molecular complexity index is 450. The normalized spacial score (nSPS) is 20.7. The first-order valence-electron chi connectivity index (χ1n) is 7.44. The molecule has 5 nitrogen and oxygen atoms in total. The van der Waals surface area contributed by atoms with Gasteiger partial charge in [-0.2, -0.15) is 0 Å². The summed E-state index contributed by atoms with van der Waals surface area (Å²) in [6.07, 6.45) is 0.481. The lowest BCUT2D eigenvalue weighted by atomic mass is 10.1. The highest BCUT2D eigenvalue weighted by Crippen LogP contribution is 2.16. The van der Waals surface area contributed by atoms with Gasteiger partial charge in [0.15, 0.2) is 0 Å². The Balaban J connectivity index is 1.83. The number of hydrogen-bond donors (Lipinski definition) is 2. The van der Waals surface area contributed by atoms with Gasteiger partial charge >= 0.3 is 0 Å². The number of nitrogens with zero attached hydrogens (tertiary/aromatic N) is 2. The highest BCUT2D eigenvalue weighted by molar-refractivity contribution is 5.78. The third-order valence-corrected chi connectivity index (χ3v) is 3.91. The van der Waals surface area contributed by atoms with Crippen molar-refractivity contribution in [2.75, 3.05) is 40.3 Å². The molecule has 0 saturated carbocycles. The number of β-amino-alcohol motifs (C(OH)–C–C–N with tert-alkyl or cyclic N) is 1. The first-order valence-corrected chi connectivity index (χ1v) is 7.44. The number of carbonyl (C=O) groups excluding carboxylic acids is 1. The maximum absolute atomic E-state index is 12.0. The van der Waals surface area contributed by atoms with Gasteiger partial charge < -0.3 is 15.3 Å². The van der Waals surface area contributed by atoms with Crippen LogP contribution >= 0.6 is 0 Å². The summed E-state index contributed by atoms with van der Waals surface area (Å²) in [6.45, 7) is 2.35. The van der Waals surface area contributed by atoms with Crippen LogP contribution < -0.4 is 5.32 Å². The fourth-order valence-corrected chi connectivity index (χ4v) is 2.70. The van der Waals surface area contributed by atoms with Gasteiger partial charge in [0.1, 0.15) is 0 Å². The number of aliphatic hydroxyl groups excluding tert-OH is 1. The molecule has 1 aromatic rings. The molecular weight excluding hydrogens is 266 g/mol. The predicted molar refractivity (Wildman–Crippen MR) is 82.9 cm³/mol. The topological polar surface area (TPSA) is 55.8 Å². The van der Waals surface area contributed by atoms with Gasteiger partial charge in [-0.3, -0.25) is 9.69 Å². The van der Waals surface area contributed by atoms with E-state index in [-0.39, 0.29) is 18.1 Å². The molecule has 1 aliphatic rings. The van der Waals surface area contributed by atoms with E-state index >= 15 is 0 Å². The molecule has 0 radical (unpaired) electrons. The van der Waals surface area contributed by atoms with Crippen molar-refractivity contribution >= 4 is 5.91 Å². The summed E-state index contributed by atoms with van der Waals surface area (Å²) in [5.41, 5.74) is 1.19. The quantitative estimate of drug-likeness (QED) is 0.800. The van der Waals surface area contributed by atoms with Gasteiger partial charge in [0.25, 0.3) is 0 Å². The smallest absolute Gasteiger partial charge is 0.234 e. The zero-order valence-corrected chi connectivity index (χ0v) is 12.8. The molecule has 0 unspecified atom stereocenters. The molecule has 0 bridgehead atoms. The maximum atomic E-state index is 12.0. The number of hydrogen-bond acceptors (Lipinski definition) is 4. The molecule has 1 aliphatic heterocycles. The summed E-state index contributed by atoms with van der Waals surface area (Å²) >= 11 is 0. The molecule has 5 heteroatoms. The number of benzene rings is 1. The molecule has 1 aromatic carbocycles. The lowest BCUT2D eigenvalue weighted by Gasteiger charge is -2.25. The van der Waals surface area contributed by atoms with Crippen LogP contribution in [0, 0.1) is 0 Å². The Labute approximate surface area is 126 Å². The minimum absolute atomic E-state index is 0.0203. The molecule has 0 spiro atoms. The van der Waals surface area contributed by atoms with Crippen LogP contribution in [0.4, 0.5) is 0 Å². The lowest BCUT2D eigenvalue weighted by molar-refractivity contribution is -0.122. The van der Waals surface area contributed by atoms with Crippen molar-refractivity contribution in [3.8, 4) is 0 Å². The monoisotopic (exact) mass is 291 g/mol. The van der Waals surface area contributed by atoms with Crippen LogP contribution in [0.3, 0.4) is 0 Å². The Morgan fingerprint density at radius 3 is 2.71 bits per heavy atom. The second-order valence-electron chi connectivity index (χ2n) is 5.87. The first-order chi connectivity index (χ1) is 10.1. The summed E-state index contributed by atoms with van der Waals surface area (Å²) in [7, 11) is 4.03. The largest absolute Gasteiger partial charge is 0.392 e. The molecule has 1 amide bonds. The SMILES string of the molecule is CN(C)[C@H](CNC(=O)CN1CC[C@H](O)C1)c1ccccc1. The fraction of sp³-hybridized carbons (Fsp3) is 0.562. The third-order valence-electron chi connectivity index (χ3n) is 3.91. The average Bonchev–Trinajstić information content (AvgIpc) is 2.85. The first kappa shape index (κ1) is 15.9. The van der Waals surface area contributed by atoms with Crippen LogP contribution in [0.25, 0.3) is 0 Å². The highest BCUT2D eigenvalue weighted by atomic mass is 16.3. The number of rotatable bonds is 6. The molecule has 2 N–H and O–H groups in total. The van der Waals surface area contributed by atoms with Crippen molar-refractivity contribution < 1.29 is 9.90 Å². The number of likely N-dealkylation sites (N-methyl/N-ethyl adjacent to an activating group) is 1. The van der Waals surface area contributed by atoms with Gasteiger partial charge in [-0.1, -0.05) is 30.3 Å². The number of carbonyl (C=O) groups is 1. The highest BCUT2D eigenvalue weighted by Gasteiger charge is 2.22. The number of likely N-dealkylation sites (tertiary alicyclic amines) is 1. The van der Waals surface area contributed by atoms with Crippen LogP contribution in [-0.4, -0.2) is 67.2 Å². The standard InChI is InChI=1S/C16H25N3O2/c1-18(2)15(13-6-4-3-5-7-13)10-17-16(21)12-19-9-8-14(20)11-19/h3-7,14-15,20H,8-12H2,1-2H3,(H,17,21)/t14-,15+/m0/s1. The molecule has 0 aromatic heterocycles. The van der Waals surface area contributed by atoms with Crippen LogP contribution in [-0.2, 0) is 4.79 Å². The van der Waals surface area contributed by atoms with Gasteiger partial charge in [0, 0.05) is 19.6 Å². The van der Waals surface area contributed by atoms with Gasteiger partial charge in [-0.15, -0.1) is 0 Å². The molecule has 1 saturated heterocycles. The predicted octanol–water partition coefficient (Wildman–Crippen LogP) is 0.472. The average molecular weight is 291 g/mol. The summed E-state index contributed by atoms with van der Waals surface area (Å²) in [6, 6.07) is 10.3. The molecule has 1 fully saturated rings. The Morgan fingerprint density at radius 2 is 2.14 bits per heavy atom. The molecular formula is C16H25N3O2.